The third kappa shape index (κ3) is 3.99. The second kappa shape index (κ2) is 7.26. The normalized spacial score (nSPS) is 13.2. The van der Waals surface area contributed by atoms with E-state index >= 15 is 0 Å². The number of hydrogen-bond donors (Lipinski definition) is 1. The van der Waals surface area contributed by atoms with Crippen LogP contribution in [0.2, 0.25) is 0 Å². The monoisotopic (exact) mass is 358 g/mol. The smallest absolute Gasteiger partial charge is 0.349 e. The van der Waals surface area contributed by atoms with Crippen LogP contribution in [0.1, 0.15) is 21.5 Å². The molecule has 2 rings (SSSR count). The fourth-order valence-electron chi connectivity index (χ4n) is 2.04. The Balaban J connectivity index is 2.19. The molecule has 0 bridgehead atoms. The number of nitrogens with one attached hydrogen (secondary N) is 1. The first-order valence-corrected chi connectivity index (χ1v) is 9.08. The molecule has 0 aliphatic heterocycles. The first-order chi connectivity index (χ1) is 10.9. The molecule has 2 aromatic rings. The van der Waals surface area contributed by atoms with Crippen LogP contribution in [0.25, 0.3) is 0 Å². The van der Waals surface area contributed by atoms with E-state index in [-0.39, 0.29) is 22.4 Å². The van der Waals surface area contributed by atoms with Crippen LogP contribution >= 0.6 is 11.3 Å². The Labute approximate surface area is 138 Å². The summed E-state index contributed by atoms with van der Waals surface area (Å²) in [5.41, 5.74) is 0. The van der Waals surface area contributed by atoms with E-state index in [0.29, 0.717) is 5.76 Å². The molecule has 1 unspecified atom stereocenters. The van der Waals surface area contributed by atoms with E-state index in [4.69, 9.17) is 4.42 Å². The van der Waals surface area contributed by atoms with Crippen molar-refractivity contribution in [2.75, 3.05) is 27.7 Å². The number of likely N-dealkylation sites (N-methyl/N-ethyl adjacent to an activating group) is 1. The average Bonchev–Trinajstić information content (AvgIpc) is 3.17. The summed E-state index contributed by atoms with van der Waals surface area (Å²) in [6.45, 7) is 0.110. The van der Waals surface area contributed by atoms with Crippen molar-refractivity contribution in [3.05, 3.63) is 40.5 Å². The lowest BCUT2D eigenvalue weighted by Gasteiger charge is -2.22. The molecule has 1 N–H and O–H groups in total. The lowest BCUT2D eigenvalue weighted by Crippen LogP contribution is -2.34. The standard InChI is InChI=1S/C14H18N2O5S2/c1-16(2)10(11-5-4-7-21-11)9-15-23(18,19)12-6-8-22-13(12)14(17)20-3/h4-8,10,15H,9H2,1-3H3. The lowest BCUT2D eigenvalue weighted by atomic mass is 10.2. The van der Waals surface area contributed by atoms with Gasteiger partial charge in [-0.15, -0.1) is 11.3 Å². The highest BCUT2D eigenvalue weighted by atomic mass is 32.2. The fourth-order valence-corrected chi connectivity index (χ4v) is 4.41. The molecule has 2 aromatic heterocycles. The quantitative estimate of drug-likeness (QED) is 0.758. The molecule has 1 atom stereocenters. The average molecular weight is 358 g/mol. The molecule has 9 heteroatoms. The number of thiophene rings is 1. The molecule has 0 aliphatic rings. The van der Waals surface area contributed by atoms with Crippen molar-refractivity contribution in [3.8, 4) is 0 Å². The van der Waals surface area contributed by atoms with Crippen molar-refractivity contribution in [2.45, 2.75) is 10.9 Å². The number of nitrogens with zero attached hydrogens (tertiary/aromatic N) is 1. The number of carbonyl (C=O) groups is 1. The minimum atomic E-state index is -3.83. The van der Waals surface area contributed by atoms with Gasteiger partial charge in [-0.25, -0.2) is 17.9 Å². The summed E-state index contributed by atoms with van der Waals surface area (Å²) in [7, 11) is 1.03. The predicted molar refractivity (Wildman–Crippen MR) is 86.0 cm³/mol. The zero-order chi connectivity index (χ0) is 17.0. The SMILES string of the molecule is COC(=O)c1sccc1S(=O)(=O)NCC(c1ccco1)N(C)C. The van der Waals surface area contributed by atoms with E-state index < -0.39 is 16.0 Å². The maximum absolute atomic E-state index is 12.5. The van der Waals surface area contributed by atoms with Gasteiger partial charge < -0.3 is 9.15 Å². The summed E-state index contributed by atoms with van der Waals surface area (Å²) in [5.74, 6) is -0.0215. The van der Waals surface area contributed by atoms with Gasteiger partial charge in [0.15, 0.2) is 0 Å². The summed E-state index contributed by atoms with van der Waals surface area (Å²) in [6, 6.07) is 4.65. The number of carbonyl (C=O) groups excluding carboxylic acids is 1. The molecular weight excluding hydrogens is 340 g/mol. The van der Waals surface area contributed by atoms with Gasteiger partial charge in [0.25, 0.3) is 0 Å². The fraction of sp³-hybridized carbons (Fsp3) is 0.357. The molecular formula is C14H18N2O5S2. The molecule has 0 saturated carbocycles. The maximum Gasteiger partial charge on any atom is 0.349 e. The van der Waals surface area contributed by atoms with Crippen LogP contribution in [0.3, 0.4) is 0 Å². The van der Waals surface area contributed by atoms with Gasteiger partial charge in [-0.2, -0.15) is 0 Å². The first kappa shape index (κ1) is 17.7. The van der Waals surface area contributed by atoms with Gasteiger partial charge in [-0.05, 0) is 37.7 Å². The number of sulfonamides is 1. The topological polar surface area (TPSA) is 88.8 Å². The summed E-state index contributed by atoms with van der Waals surface area (Å²) in [5, 5.41) is 1.54. The van der Waals surface area contributed by atoms with E-state index in [1.165, 1.54) is 24.8 Å². The Morgan fingerprint density at radius 1 is 1.43 bits per heavy atom. The molecule has 0 spiro atoms. The van der Waals surface area contributed by atoms with E-state index in [0.717, 1.165) is 11.3 Å². The van der Waals surface area contributed by atoms with Gasteiger partial charge >= 0.3 is 5.97 Å². The number of esters is 1. The Morgan fingerprint density at radius 2 is 2.17 bits per heavy atom. The van der Waals surface area contributed by atoms with Crippen LogP contribution < -0.4 is 4.72 Å². The Bertz CT molecular complexity index is 750. The van der Waals surface area contributed by atoms with Crippen molar-refractivity contribution in [1.29, 1.82) is 0 Å². The highest BCUT2D eigenvalue weighted by Gasteiger charge is 2.26. The molecule has 0 fully saturated rings. The van der Waals surface area contributed by atoms with Crippen molar-refractivity contribution >= 4 is 27.3 Å². The Hall–Kier alpha value is -1.68. The Kier molecular flexibility index (Phi) is 5.58. The molecule has 0 aromatic carbocycles. The van der Waals surface area contributed by atoms with Gasteiger partial charge in [0.2, 0.25) is 10.0 Å². The molecule has 0 radical (unpaired) electrons. The van der Waals surface area contributed by atoms with Crippen molar-refractivity contribution in [1.82, 2.24) is 9.62 Å². The largest absolute Gasteiger partial charge is 0.468 e. The third-order valence-electron chi connectivity index (χ3n) is 3.25. The second-order valence-electron chi connectivity index (χ2n) is 4.95. The Morgan fingerprint density at radius 3 is 2.74 bits per heavy atom. The summed E-state index contributed by atoms with van der Waals surface area (Å²) in [4.78, 5) is 13.5. The van der Waals surface area contributed by atoms with Gasteiger partial charge in [-0.3, -0.25) is 4.90 Å². The van der Waals surface area contributed by atoms with Gasteiger partial charge in [0.05, 0.1) is 19.4 Å². The molecule has 0 amide bonds. The van der Waals surface area contributed by atoms with Crippen LogP contribution in [0.4, 0.5) is 0 Å². The van der Waals surface area contributed by atoms with Gasteiger partial charge in [0.1, 0.15) is 15.5 Å². The molecule has 7 nitrogen and oxygen atoms in total. The predicted octanol–water partition coefficient (Wildman–Crippen LogP) is 1.71. The molecule has 2 heterocycles. The van der Waals surface area contributed by atoms with Crippen LogP contribution in [0, 0.1) is 0 Å². The van der Waals surface area contributed by atoms with Crippen molar-refractivity contribution < 1.29 is 22.4 Å². The van der Waals surface area contributed by atoms with Crippen LogP contribution in [-0.4, -0.2) is 47.0 Å². The van der Waals surface area contributed by atoms with Crippen molar-refractivity contribution in [2.24, 2.45) is 0 Å². The highest BCUT2D eigenvalue weighted by molar-refractivity contribution is 7.89. The number of furan rings is 1. The van der Waals surface area contributed by atoms with E-state index in [1.54, 1.807) is 12.1 Å². The number of methoxy groups -OCH3 is 1. The van der Waals surface area contributed by atoms with E-state index in [2.05, 4.69) is 9.46 Å². The van der Waals surface area contributed by atoms with E-state index in [1.807, 2.05) is 19.0 Å². The van der Waals surface area contributed by atoms with Crippen LogP contribution in [0.15, 0.2) is 39.2 Å². The van der Waals surface area contributed by atoms with Crippen LogP contribution in [0.5, 0.6) is 0 Å². The van der Waals surface area contributed by atoms with Gasteiger partial charge in [-0.1, -0.05) is 0 Å². The molecule has 126 valence electrons. The minimum absolute atomic E-state index is 0.0550. The van der Waals surface area contributed by atoms with E-state index in [9.17, 15) is 13.2 Å². The van der Waals surface area contributed by atoms with Crippen molar-refractivity contribution in [3.63, 3.8) is 0 Å². The number of rotatable bonds is 7. The summed E-state index contributed by atoms with van der Waals surface area (Å²) in [6.07, 6.45) is 1.54. The zero-order valence-corrected chi connectivity index (χ0v) is 14.6. The van der Waals surface area contributed by atoms with Gasteiger partial charge in [0, 0.05) is 6.54 Å². The summed E-state index contributed by atoms with van der Waals surface area (Å²) < 4.78 is 37.4. The summed E-state index contributed by atoms with van der Waals surface area (Å²) >= 11 is 1.02. The molecule has 0 aliphatic carbocycles. The molecule has 0 saturated heterocycles. The molecule has 23 heavy (non-hydrogen) atoms. The highest BCUT2D eigenvalue weighted by Crippen LogP contribution is 2.24. The number of hydrogen-bond acceptors (Lipinski definition) is 7. The zero-order valence-electron chi connectivity index (χ0n) is 13.0. The maximum atomic E-state index is 12.5. The first-order valence-electron chi connectivity index (χ1n) is 6.72. The number of ether oxygens (including phenoxy) is 1. The third-order valence-corrected chi connectivity index (χ3v) is 5.74. The minimum Gasteiger partial charge on any atom is -0.468 e. The second-order valence-corrected chi connectivity index (χ2v) is 7.60. The van der Waals surface area contributed by atoms with Crippen LogP contribution in [-0.2, 0) is 14.8 Å². The lowest BCUT2D eigenvalue weighted by molar-refractivity contribution is 0.0602.